The molecule has 8 heteroatoms. The maximum Gasteiger partial charge on any atom is 0.338 e. The van der Waals surface area contributed by atoms with Crippen molar-refractivity contribution in [1.29, 1.82) is 0 Å². The Morgan fingerprint density at radius 3 is 2.69 bits per heavy atom. The van der Waals surface area contributed by atoms with Crippen LogP contribution in [0.15, 0.2) is 42.5 Å². The number of nitrogens with zero attached hydrogens (tertiary/aromatic N) is 2. The zero-order valence-corrected chi connectivity index (χ0v) is 16.5. The van der Waals surface area contributed by atoms with Gasteiger partial charge in [-0.15, -0.1) is 0 Å². The number of benzene rings is 2. The first kappa shape index (κ1) is 20.3. The Morgan fingerprint density at radius 2 is 2.03 bits per heavy atom. The lowest BCUT2D eigenvalue weighted by Crippen LogP contribution is -2.48. The molecular weight excluding hydrogens is 376 g/mol. The molecule has 8 nitrogen and oxygen atoms in total. The van der Waals surface area contributed by atoms with Crippen molar-refractivity contribution in [3.63, 3.8) is 0 Å². The van der Waals surface area contributed by atoms with Gasteiger partial charge in [-0.2, -0.15) is 0 Å². The van der Waals surface area contributed by atoms with Gasteiger partial charge in [-0.1, -0.05) is 26.0 Å². The van der Waals surface area contributed by atoms with E-state index in [4.69, 9.17) is 9.47 Å². The van der Waals surface area contributed by atoms with Crippen molar-refractivity contribution in [1.82, 2.24) is 0 Å². The highest BCUT2D eigenvalue weighted by atomic mass is 16.6. The van der Waals surface area contributed by atoms with Crippen molar-refractivity contribution < 1.29 is 24.0 Å². The Morgan fingerprint density at radius 1 is 1.28 bits per heavy atom. The molecule has 0 bridgehead atoms. The molecule has 0 saturated carbocycles. The summed E-state index contributed by atoms with van der Waals surface area (Å²) in [6.07, 6.45) is -0.752. The summed E-state index contributed by atoms with van der Waals surface area (Å²) >= 11 is 0. The lowest BCUT2D eigenvalue weighted by atomic mass is 10.0. The van der Waals surface area contributed by atoms with Crippen molar-refractivity contribution in [2.75, 3.05) is 11.5 Å². The predicted octanol–water partition coefficient (Wildman–Crippen LogP) is 3.72. The maximum atomic E-state index is 13.0. The molecule has 1 amide bonds. The van der Waals surface area contributed by atoms with Crippen LogP contribution < -0.4 is 9.64 Å². The van der Waals surface area contributed by atoms with Gasteiger partial charge in [0.15, 0.2) is 11.9 Å². The number of anilines is 1. The molecule has 2 aromatic carbocycles. The number of carbonyl (C=O) groups excluding carboxylic acids is 2. The van der Waals surface area contributed by atoms with E-state index in [1.165, 1.54) is 23.1 Å². The minimum Gasteiger partial charge on any atom is -0.478 e. The Hall–Kier alpha value is -3.42. The molecule has 1 aliphatic rings. The third kappa shape index (κ3) is 4.21. The standard InChI is InChI=1S/C21H22N2O6/c1-4-28-21(25)15-7-5-6-14(10-15)12-22-17-9-8-16(23(26)27)11-18(17)29-19(13(2)3)20(22)24/h5-11,13,19H,4,12H2,1-3H3. The third-order valence-corrected chi connectivity index (χ3v) is 4.59. The monoisotopic (exact) mass is 398 g/mol. The number of ether oxygens (including phenoxy) is 2. The van der Waals surface area contributed by atoms with E-state index in [9.17, 15) is 19.7 Å². The Kier molecular flexibility index (Phi) is 5.81. The number of amides is 1. The summed E-state index contributed by atoms with van der Waals surface area (Å²) in [7, 11) is 0. The quantitative estimate of drug-likeness (QED) is 0.418. The first-order valence-corrected chi connectivity index (χ1v) is 9.34. The zero-order chi connectivity index (χ0) is 21.1. The number of carbonyl (C=O) groups is 2. The number of non-ortho nitro benzene ring substituents is 1. The molecule has 0 saturated heterocycles. The molecule has 0 spiro atoms. The van der Waals surface area contributed by atoms with Crippen molar-refractivity contribution in [2.45, 2.75) is 33.4 Å². The van der Waals surface area contributed by atoms with E-state index in [-0.39, 0.29) is 30.7 Å². The fraction of sp³-hybridized carbons (Fsp3) is 0.333. The minimum atomic E-state index is -0.752. The molecule has 1 unspecified atom stereocenters. The average Bonchev–Trinajstić information content (AvgIpc) is 2.69. The number of fused-ring (bicyclic) bond motifs is 1. The van der Waals surface area contributed by atoms with Crippen molar-refractivity contribution in [3.05, 3.63) is 63.7 Å². The van der Waals surface area contributed by atoms with Gasteiger partial charge in [-0.25, -0.2) is 4.79 Å². The molecule has 0 aliphatic carbocycles. The van der Waals surface area contributed by atoms with E-state index in [2.05, 4.69) is 0 Å². The van der Waals surface area contributed by atoms with Crippen molar-refractivity contribution in [2.24, 2.45) is 5.92 Å². The molecule has 152 valence electrons. The van der Waals surface area contributed by atoms with Crippen LogP contribution in [-0.2, 0) is 16.1 Å². The number of nitro benzene ring substituents is 1. The summed E-state index contributed by atoms with van der Waals surface area (Å²) in [5, 5.41) is 11.1. The summed E-state index contributed by atoms with van der Waals surface area (Å²) in [4.78, 5) is 37.2. The maximum absolute atomic E-state index is 13.0. The fourth-order valence-electron chi connectivity index (χ4n) is 3.17. The molecular formula is C21H22N2O6. The van der Waals surface area contributed by atoms with Crippen LogP contribution in [0.3, 0.4) is 0 Å². The van der Waals surface area contributed by atoms with Gasteiger partial charge in [-0.05, 0) is 36.6 Å². The fourth-order valence-corrected chi connectivity index (χ4v) is 3.17. The molecule has 1 aliphatic heterocycles. The predicted molar refractivity (Wildman–Crippen MR) is 106 cm³/mol. The van der Waals surface area contributed by atoms with E-state index in [0.29, 0.717) is 17.0 Å². The second-order valence-corrected chi connectivity index (χ2v) is 7.04. The van der Waals surface area contributed by atoms with Crippen LogP contribution in [-0.4, -0.2) is 29.5 Å². The van der Waals surface area contributed by atoms with Crippen molar-refractivity contribution >= 4 is 23.3 Å². The number of rotatable bonds is 6. The van der Waals surface area contributed by atoms with Gasteiger partial charge in [0.25, 0.3) is 11.6 Å². The molecule has 0 aromatic heterocycles. The van der Waals surface area contributed by atoms with Gasteiger partial charge in [0, 0.05) is 6.07 Å². The first-order valence-electron chi connectivity index (χ1n) is 9.34. The average molecular weight is 398 g/mol. The molecule has 1 atom stereocenters. The van der Waals surface area contributed by atoms with E-state index >= 15 is 0 Å². The molecule has 1 heterocycles. The van der Waals surface area contributed by atoms with E-state index in [1.807, 2.05) is 13.8 Å². The molecule has 2 aromatic rings. The van der Waals surface area contributed by atoms with Crippen LogP contribution >= 0.6 is 0 Å². The summed E-state index contributed by atoms with van der Waals surface area (Å²) in [5.41, 5.74) is 1.48. The lowest BCUT2D eigenvalue weighted by molar-refractivity contribution is -0.384. The van der Waals surface area contributed by atoms with Gasteiger partial charge in [-0.3, -0.25) is 14.9 Å². The summed E-state index contributed by atoms with van der Waals surface area (Å²) < 4.78 is 10.8. The van der Waals surface area contributed by atoms with Gasteiger partial charge in [0.1, 0.15) is 0 Å². The SMILES string of the molecule is CCOC(=O)c1cccc(CN2C(=O)C(C(C)C)Oc3cc([N+](=O)[O-])ccc32)c1. The van der Waals surface area contributed by atoms with Gasteiger partial charge in [0.2, 0.25) is 0 Å². The zero-order valence-electron chi connectivity index (χ0n) is 16.5. The number of hydrogen-bond donors (Lipinski definition) is 0. The first-order chi connectivity index (χ1) is 13.8. The van der Waals surface area contributed by atoms with Gasteiger partial charge >= 0.3 is 5.97 Å². The van der Waals surface area contributed by atoms with Crippen LogP contribution in [0.1, 0.15) is 36.7 Å². The van der Waals surface area contributed by atoms with Crippen LogP contribution in [0.25, 0.3) is 0 Å². The van der Waals surface area contributed by atoms with Gasteiger partial charge < -0.3 is 14.4 Å². The van der Waals surface area contributed by atoms with Crippen LogP contribution in [0.5, 0.6) is 5.75 Å². The van der Waals surface area contributed by atoms with Gasteiger partial charge in [0.05, 0.1) is 35.4 Å². The topological polar surface area (TPSA) is 99.0 Å². The molecule has 0 N–H and O–H groups in total. The Labute approximate surface area is 168 Å². The second-order valence-electron chi connectivity index (χ2n) is 7.04. The van der Waals surface area contributed by atoms with E-state index in [0.717, 1.165) is 5.56 Å². The van der Waals surface area contributed by atoms with Crippen molar-refractivity contribution in [3.8, 4) is 5.75 Å². The van der Waals surface area contributed by atoms with Crippen LogP contribution in [0, 0.1) is 16.0 Å². The lowest BCUT2D eigenvalue weighted by Gasteiger charge is -2.36. The number of nitro groups is 1. The third-order valence-electron chi connectivity index (χ3n) is 4.59. The molecule has 29 heavy (non-hydrogen) atoms. The smallest absolute Gasteiger partial charge is 0.338 e. The Balaban J connectivity index is 1.98. The normalized spacial score (nSPS) is 15.7. The Bertz CT molecular complexity index is 956. The highest BCUT2D eigenvalue weighted by Crippen LogP contribution is 2.39. The number of esters is 1. The molecule has 0 radical (unpaired) electrons. The summed E-state index contributed by atoms with van der Waals surface area (Å²) in [6.45, 7) is 5.90. The minimum absolute atomic E-state index is 0.107. The second kappa shape index (κ2) is 8.30. The van der Waals surface area contributed by atoms with E-state index < -0.39 is 17.0 Å². The van der Waals surface area contributed by atoms with E-state index in [1.54, 1.807) is 31.2 Å². The molecule has 3 rings (SSSR count). The number of hydrogen-bond acceptors (Lipinski definition) is 6. The highest BCUT2D eigenvalue weighted by molar-refractivity contribution is 6.00. The highest BCUT2D eigenvalue weighted by Gasteiger charge is 2.37. The van der Waals surface area contributed by atoms with Crippen LogP contribution in [0.2, 0.25) is 0 Å². The summed E-state index contributed by atoms with van der Waals surface area (Å²) in [6, 6.07) is 11.0. The molecule has 0 fully saturated rings. The van der Waals surface area contributed by atoms with Crippen LogP contribution in [0.4, 0.5) is 11.4 Å². The largest absolute Gasteiger partial charge is 0.478 e. The summed E-state index contributed by atoms with van der Waals surface area (Å²) in [5.74, 6) is -0.496.